The third-order valence-electron chi connectivity index (χ3n) is 2.95. The van der Waals surface area contributed by atoms with E-state index >= 15 is 0 Å². The largest absolute Gasteiger partial charge is 0.372 e. The van der Waals surface area contributed by atoms with Crippen molar-refractivity contribution in [3.05, 3.63) is 28.2 Å². The monoisotopic (exact) mass is 317 g/mol. The van der Waals surface area contributed by atoms with Crippen molar-refractivity contribution < 1.29 is 4.74 Å². The topological polar surface area (TPSA) is 12.5 Å². The average Bonchev–Trinajstić information content (AvgIpc) is 2.27. The number of morpholine rings is 1. The van der Waals surface area contributed by atoms with E-state index in [9.17, 15) is 0 Å². The maximum absolute atomic E-state index is 6.00. The van der Waals surface area contributed by atoms with Gasteiger partial charge in [-0.25, -0.2) is 0 Å². The highest BCUT2D eigenvalue weighted by Gasteiger charge is 2.23. The van der Waals surface area contributed by atoms with Gasteiger partial charge in [0.05, 0.1) is 12.2 Å². The van der Waals surface area contributed by atoms with E-state index in [0.717, 1.165) is 17.6 Å². The van der Waals surface area contributed by atoms with E-state index in [1.54, 1.807) is 0 Å². The Morgan fingerprint density at radius 2 is 2.00 bits per heavy atom. The van der Waals surface area contributed by atoms with Crippen LogP contribution in [0.4, 0.5) is 5.69 Å². The molecule has 1 aliphatic rings. The van der Waals surface area contributed by atoms with Crippen LogP contribution in [0.2, 0.25) is 0 Å². The van der Waals surface area contributed by atoms with Gasteiger partial charge in [0.1, 0.15) is 0 Å². The minimum absolute atomic E-state index is 0.265. The molecule has 2 nitrogen and oxygen atoms in total. The van der Waals surface area contributed by atoms with E-state index in [-0.39, 0.29) is 12.2 Å². The van der Waals surface area contributed by atoms with Gasteiger partial charge in [0.2, 0.25) is 0 Å². The summed E-state index contributed by atoms with van der Waals surface area (Å²) >= 11 is 9.52. The van der Waals surface area contributed by atoms with Gasteiger partial charge in [-0.05, 0) is 31.5 Å². The highest BCUT2D eigenvalue weighted by atomic mass is 79.9. The molecule has 0 aromatic heterocycles. The summed E-state index contributed by atoms with van der Waals surface area (Å²) in [4.78, 5) is 2.36. The third-order valence-corrected chi connectivity index (χ3v) is 3.73. The second-order valence-corrected chi connectivity index (χ2v) is 5.75. The highest BCUT2D eigenvalue weighted by molar-refractivity contribution is 9.10. The van der Waals surface area contributed by atoms with Gasteiger partial charge in [-0.3, -0.25) is 0 Å². The number of nitrogens with zero attached hydrogens (tertiary/aromatic N) is 1. The van der Waals surface area contributed by atoms with Crippen LogP contribution in [0.5, 0.6) is 0 Å². The van der Waals surface area contributed by atoms with Crippen molar-refractivity contribution in [3.63, 3.8) is 0 Å². The van der Waals surface area contributed by atoms with Gasteiger partial charge in [0.25, 0.3) is 0 Å². The Morgan fingerprint density at radius 1 is 1.35 bits per heavy atom. The third kappa shape index (κ3) is 3.15. The number of alkyl halides is 1. The molecule has 2 rings (SSSR count). The van der Waals surface area contributed by atoms with Crippen molar-refractivity contribution in [1.29, 1.82) is 0 Å². The zero-order valence-electron chi connectivity index (χ0n) is 10.1. The summed E-state index contributed by atoms with van der Waals surface area (Å²) in [6.45, 7) is 6.07. The normalized spacial score (nSPS) is 25.1. The van der Waals surface area contributed by atoms with Gasteiger partial charge in [-0.2, -0.15) is 0 Å². The van der Waals surface area contributed by atoms with Crippen LogP contribution in [0.15, 0.2) is 22.7 Å². The molecule has 1 aromatic carbocycles. The molecule has 0 saturated carbocycles. The molecule has 0 aliphatic carbocycles. The summed E-state index contributed by atoms with van der Waals surface area (Å²) in [5.74, 6) is 0.544. The van der Waals surface area contributed by atoms with Crippen LogP contribution in [-0.2, 0) is 10.6 Å². The molecule has 2 atom stereocenters. The zero-order chi connectivity index (χ0) is 12.4. The van der Waals surface area contributed by atoms with Crippen molar-refractivity contribution in [2.45, 2.75) is 31.9 Å². The number of rotatable bonds is 2. The summed E-state index contributed by atoms with van der Waals surface area (Å²) in [7, 11) is 0. The number of hydrogen-bond acceptors (Lipinski definition) is 2. The lowest BCUT2D eigenvalue weighted by Crippen LogP contribution is -2.45. The van der Waals surface area contributed by atoms with E-state index in [1.165, 1.54) is 11.3 Å². The quantitative estimate of drug-likeness (QED) is 0.769. The fourth-order valence-corrected chi connectivity index (χ4v) is 2.89. The number of ether oxygens (including phenoxy) is 1. The predicted molar refractivity (Wildman–Crippen MR) is 75.9 cm³/mol. The Labute approximate surface area is 116 Å². The lowest BCUT2D eigenvalue weighted by atomic mass is 10.1. The summed E-state index contributed by atoms with van der Waals surface area (Å²) in [5, 5.41) is 0. The van der Waals surface area contributed by atoms with Gasteiger partial charge in [0, 0.05) is 29.1 Å². The Balaban J connectivity index is 2.28. The first-order valence-electron chi connectivity index (χ1n) is 5.85. The van der Waals surface area contributed by atoms with Crippen molar-refractivity contribution in [1.82, 2.24) is 0 Å². The summed E-state index contributed by atoms with van der Waals surface area (Å²) < 4.78 is 6.85. The maximum atomic E-state index is 6.00. The standard InChI is InChI=1S/C13H17BrClNO/c1-9-7-16(8-10(2)17-9)13-5-12(14)4-3-11(13)6-15/h3-5,9-10H,6-8H2,1-2H3. The van der Waals surface area contributed by atoms with E-state index in [4.69, 9.17) is 16.3 Å². The molecule has 2 unspecified atom stereocenters. The van der Waals surface area contributed by atoms with Crippen LogP contribution < -0.4 is 4.90 Å². The van der Waals surface area contributed by atoms with E-state index in [2.05, 4.69) is 46.8 Å². The molecule has 94 valence electrons. The van der Waals surface area contributed by atoms with Crippen LogP contribution in [-0.4, -0.2) is 25.3 Å². The second kappa shape index (κ2) is 5.59. The SMILES string of the molecule is CC1CN(c2cc(Br)ccc2CCl)CC(C)O1. The minimum Gasteiger partial charge on any atom is -0.372 e. The molecular formula is C13H17BrClNO. The molecule has 0 amide bonds. The molecule has 17 heavy (non-hydrogen) atoms. The summed E-state index contributed by atoms with van der Waals surface area (Å²) in [6, 6.07) is 6.26. The molecule has 0 radical (unpaired) electrons. The number of anilines is 1. The zero-order valence-corrected chi connectivity index (χ0v) is 12.5. The van der Waals surface area contributed by atoms with Gasteiger partial charge in [-0.1, -0.05) is 22.0 Å². The second-order valence-electron chi connectivity index (χ2n) is 4.57. The molecule has 1 heterocycles. The van der Waals surface area contributed by atoms with Crippen LogP contribution >= 0.6 is 27.5 Å². The smallest absolute Gasteiger partial charge is 0.0726 e. The van der Waals surface area contributed by atoms with Crippen molar-refractivity contribution in [3.8, 4) is 0 Å². The Hall–Kier alpha value is -0.250. The first-order chi connectivity index (χ1) is 8.10. The molecule has 0 bridgehead atoms. The molecule has 1 saturated heterocycles. The Morgan fingerprint density at radius 3 is 2.59 bits per heavy atom. The predicted octanol–water partition coefficient (Wildman–Crippen LogP) is 3.80. The van der Waals surface area contributed by atoms with E-state index in [0.29, 0.717) is 5.88 Å². The molecule has 1 aliphatic heterocycles. The fraction of sp³-hybridized carbons (Fsp3) is 0.538. The van der Waals surface area contributed by atoms with Gasteiger partial charge < -0.3 is 9.64 Å². The molecule has 1 aromatic rings. The summed E-state index contributed by atoms with van der Waals surface area (Å²) in [6.07, 6.45) is 0.529. The number of halogens is 2. The lowest BCUT2D eigenvalue weighted by molar-refractivity contribution is -0.00525. The first kappa shape index (κ1) is 13.2. The van der Waals surface area contributed by atoms with Gasteiger partial charge >= 0.3 is 0 Å². The fourth-order valence-electron chi connectivity index (χ4n) is 2.32. The van der Waals surface area contributed by atoms with Crippen molar-refractivity contribution in [2.75, 3.05) is 18.0 Å². The van der Waals surface area contributed by atoms with Crippen LogP contribution in [0, 0.1) is 0 Å². The van der Waals surface area contributed by atoms with Crippen LogP contribution in [0.3, 0.4) is 0 Å². The van der Waals surface area contributed by atoms with Crippen molar-refractivity contribution in [2.24, 2.45) is 0 Å². The van der Waals surface area contributed by atoms with Crippen molar-refractivity contribution >= 4 is 33.2 Å². The van der Waals surface area contributed by atoms with Gasteiger partial charge in [0.15, 0.2) is 0 Å². The molecular weight excluding hydrogens is 302 g/mol. The van der Waals surface area contributed by atoms with E-state index in [1.807, 2.05) is 6.07 Å². The Kier molecular flexibility index (Phi) is 4.34. The van der Waals surface area contributed by atoms with E-state index < -0.39 is 0 Å². The molecule has 0 spiro atoms. The lowest BCUT2D eigenvalue weighted by Gasteiger charge is -2.37. The number of benzene rings is 1. The maximum Gasteiger partial charge on any atom is 0.0726 e. The molecule has 0 N–H and O–H groups in total. The van der Waals surface area contributed by atoms with Gasteiger partial charge in [-0.15, -0.1) is 11.6 Å². The minimum atomic E-state index is 0.265. The van der Waals surface area contributed by atoms with Crippen LogP contribution in [0.1, 0.15) is 19.4 Å². The molecule has 4 heteroatoms. The Bertz CT molecular complexity index is 389. The number of hydrogen-bond donors (Lipinski definition) is 0. The van der Waals surface area contributed by atoms with Crippen LogP contribution in [0.25, 0.3) is 0 Å². The summed E-state index contributed by atoms with van der Waals surface area (Å²) in [5.41, 5.74) is 2.40. The average molecular weight is 319 g/mol. The highest BCUT2D eigenvalue weighted by Crippen LogP contribution is 2.28. The molecule has 1 fully saturated rings. The first-order valence-corrected chi connectivity index (χ1v) is 7.17.